The average Bonchev–Trinajstić information content (AvgIpc) is 2.68. The van der Waals surface area contributed by atoms with Crippen molar-refractivity contribution in [3.63, 3.8) is 0 Å². The zero-order valence-corrected chi connectivity index (χ0v) is 15.1. The molecule has 0 atom stereocenters. The van der Waals surface area contributed by atoms with Gasteiger partial charge in [-0.1, -0.05) is 30.3 Å². The summed E-state index contributed by atoms with van der Waals surface area (Å²) in [6.45, 7) is 4.42. The monoisotopic (exact) mass is 364 g/mol. The molecule has 0 aliphatic heterocycles. The van der Waals surface area contributed by atoms with Crippen molar-refractivity contribution in [2.45, 2.75) is 13.8 Å². The van der Waals surface area contributed by atoms with Crippen LogP contribution in [0.4, 0.5) is 28.7 Å². The van der Waals surface area contributed by atoms with Gasteiger partial charge in [0.2, 0.25) is 11.6 Å². The second-order valence-electron chi connectivity index (χ2n) is 5.85. The number of nitrogens with zero attached hydrogens (tertiary/aromatic N) is 4. The third-order valence-corrected chi connectivity index (χ3v) is 3.97. The molecule has 1 aromatic heterocycles. The largest absolute Gasteiger partial charge is 0.355 e. The highest BCUT2D eigenvalue weighted by Gasteiger charge is 2.27. The molecule has 0 unspecified atom stereocenters. The quantitative estimate of drug-likeness (QED) is 0.477. The number of aromatic nitrogens is 2. The van der Waals surface area contributed by atoms with Crippen LogP contribution in [0.25, 0.3) is 0 Å². The Bertz CT molecular complexity index is 932. The van der Waals surface area contributed by atoms with Crippen LogP contribution < -0.4 is 15.8 Å². The van der Waals surface area contributed by atoms with Crippen LogP contribution in [0.15, 0.2) is 60.9 Å². The van der Waals surface area contributed by atoms with E-state index in [1.807, 2.05) is 68.4 Å². The minimum absolute atomic E-state index is 0.0972. The van der Waals surface area contributed by atoms with E-state index in [1.54, 1.807) is 4.90 Å². The molecule has 8 heteroatoms. The molecule has 0 aliphatic carbocycles. The molecule has 0 saturated heterocycles. The van der Waals surface area contributed by atoms with Crippen molar-refractivity contribution in [3.05, 3.63) is 76.6 Å². The highest BCUT2D eigenvalue weighted by molar-refractivity contribution is 5.76. The maximum Gasteiger partial charge on any atom is 0.355 e. The van der Waals surface area contributed by atoms with E-state index < -0.39 is 4.92 Å². The van der Waals surface area contributed by atoms with Gasteiger partial charge in [0.05, 0.1) is 10.6 Å². The molecule has 2 aromatic carbocycles. The summed E-state index contributed by atoms with van der Waals surface area (Å²) in [5, 5.41) is 11.8. The van der Waals surface area contributed by atoms with Crippen LogP contribution in [0.3, 0.4) is 0 Å². The number of hydrogen-bond donors (Lipinski definition) is 2. The number of aryl methyl sites for hydroxylation is 1. The number of benzene rings is 2. The van der Waals surface area contributed by atoms with Crippen molar-refractivity contribution in [3.8, 4) is 0 Å². The van der Waals surface area contributed by atoms with E-state index >= 15 is 0 Å². The Morgan fingerprint density at radius 2 is 1.85 bits per heavy atom. The predicted octanol–water partition coefficient (Wildman–Crippen LogP) is 4.29. The Balaban J connectivity index is 1.98. The van der Waals surface area contributed by atoms with Crippen LogP contribution in [0.5, 0.6) is 0 Å². The number of nitrogens with one attached hydrogen (secondary N) is 2. The zero-order valence-electron chi connectivity index (χ0n) is 15.1. The molecule has 3 rings (SSSR count). The summed E-state index contributed by atoms with van der Waals surface area (Å²) in [4.78, 5) is 21.4. The summed E-state index contributed by atoms with van der Waals surface area (Å²) >= 11 is 0. The van der Waals surface area contributed by atoms with Crippen molar-refractivity contribution in [1.82, 2.24) is 9.97 Å². The smallest absolute Gasteiger partial charge is 0.321 e. The fourth-order valence-corrected chi connectivity index (χ4v) is 2.73. The topological polar surface area (TPSA) is 96.2 Å². The van der Waals surface area contributed by atoms with Crippen LogP contribution >= 0.6 is 0 Å². The van der Waals surface area contributed by atoms with Gasteiger partial charge >= 0.3 is 5.69 Å². The fraction of sp³-hybridized carbons (Fsp3) is 0.158. The molecule has 0 bridgehead atoms. The van der Waals surface area contributed by atoms with Crippen molar-refractivity contribution in [2.24, 2.45) is 0 Å². The first-order valence-corrected chi connectivity index (χ1v) is 8.50. The number of hydrogen-bond acceptors (Lipinski definition) is 7. The number of rotatable bonds is 7. The number of hydrazine groups is 1. The van der Waals surface area contributed by atoms with Crippen LogP contribution in [0, 0.1) is 17.0 Å². The Labute approximate surface area is 157 Å². The lowest BCUT2D eigenvalue weighted by atomic mass is 10.2. The van der Waals surface area contributed by atoms with E-state index in [2.05, 4.69) is 20.8 Å². The molecular formula is C19H20N6O2. The van der Waals surface area contributed by atoms with Crippen LogP contribution in [-0.4, -0.2) is 21.4 Å². The van der Waals surface area contributed by atoms with E-state index in [4.69, 9.17) is 0 Å². The average molecular weight is 364 g/mol. The summed E-state index contributed by atoms with van der Waals surface area (Å²) in [5.74, 6) is 0.334. The first-order chi connectivity index (χ1) is 13.1. The lowest BCUT2D eigenvalue weighted by Gasteiger charge is -2.22. The minimum Gasteiger partial charge on any atom is -0.321 e. The molecule has 0 radical (unpaired) electrons. The molecule has 0 spiro atoms. The van der Waals surface area contributed by atoms with E-state index in [-0.39, 0.29) is 17.3 Å². The number of anilines is 4. The molecule has 27 heavy (non-hydrogen) atoms. The predicted molar refractivity (Wildman–Crippen MR) is 106 cm³/mol. The third-order valence-electron chi connectivity index (χ3n) is 3.97. The van der Waals surface area contributed by atoms with Crippen LogP contribution in [0.2, 0.25) is 0 Å². The maximum atomic E-state index is 11.8. The first-order valence-electron chi connectivity index (χ1n) is 8.50. The van der Waals surface area contributed by atoms with Gasteiger partial charge in [-0.3, -0.25) is 21.0 Å². The van der Waals surface area contributed by atoms with Gasteiger partial charge in [-0.25, -0.2) is 9.97 Å². The molecule has 138 valence electrons. The summed E-state index contributed by atoms with van der Waals surface area (Å²) in [5.41, 5.74) is 8.22. The molecule has 8 nitrogen and oxygen atoms in total. The summed E-state index contributed by atoms with van der Waals surface area (Å²) in [6, 6.07) is 17.0. The molecular weight excluding hydrogens is 344 g/mol. The van der Waals surface area contributed by atoms with Crippen LogP contribution in [0.1, 0.15) is 12.5 Å². The molecule has 2 N–H and O–H groups in total. The van der Waals surface area contributed by atoms with Gasteiger partial charge in [-0.2, -0.15) is 0 Å². The van der Waals surface area contributed by atoms with Gasteiger partial charge in [0.25, 0.3) is 0 Å². The number of para-hydroxylation sites is 1. The molecule has 3 aromatic rings. The van der Waals surface area contributed by atoms with Crippen molar-refractivity contribution in [2.75, 3.05) is 22.3 Å². The Hall–Kier alpha value is -3.68. The van der Waals surface area contributed by atoms with Gasteiger partial charge in [0.15, 0.2) is 0 Å². The van der Waals surface area contributed by atoms with Gasteiger partial charge in [0, 0.05) is 12.2 Å². The standard InChI is InChI=1S/C19H20N6O2/c1-3-24(16-11-7-8-14(2)12-16)19-17(25(26)27)18(20-13-21-19)23-22-15-9-5-4-6-10-15/h4-13,22H,3H2,1-2H3,(H,20,21,23). The van der Waals surface area contributed by atoms with Gasteiger partial charge < -0.3 is 4.90 Å². The van der Waals surface area contributed by atoms with Gasteiger partial charge in [-0.15, -0.1) is 0 Å². The van der Waals surface area contributed by atoms with E-state index in [0.717, 1.165) is 16.9 Å². The Morgan fingerprint density at radius 3 is 2.52 bits per heavy atom. The Kier molecular flexibility index (Phi) is 5.46. The number of nitro groups is 1. The maximum absolute atomic E-state index is 11.8. The first kappa shape index (κ1) is 18.1. The van der Waals surface area contributed by atoms with Crippen molar-refractivity contribution < 1.29 is 4.92 Å². The van der Waals surface area contributed by atoms with E-state index in [0.29, 0.717) is 6.54 Å². The second-order valence-corrected chi connectivity index (χ2v) is 5.85. The Morgan fingerprint density at radius 1 is 1.07 bits per heavy atom. The molecule has 0 aliphatic rings. The van der Waals surface area contributed by atoms with Gasteiger partial charge in [0.1, 0.15) is 6.33 Å². The highest BCUT2D eigenvalue weighted by atomic mass is 16.6. The van der Waals surface area contributed by atoms with Gasteiger partial charge in [-0.05, 0) is 43.7 Å². The molecule has 0 fully saturated rings. The fourth-order valence-electron chi connectivity index (χ4n) is 2.73. The highest BCUT2D eigenvalue weighted by Crippen LogP contribution is 2.35. The van der Waals surface area contributed by atoms with E-state index in [9.17, 15) is 10.1 Å². The summed E-state index contributed by atoms with van der Waals surface area (Å²) in [7, 11) is 0. The molecule has 1 heterocycles. The SMILES string of the molecule is CCN(c1cccc(C)c1)c1ncnc(NNc2ccccc2)c1[N+](=O)[O-]. The summed E-state index contributed by atoms with van der Waals surface area (Å²) < 4.78 is 0. The minimum atomic E-state index is -0.469. The lowest BCUT2D eigenvalue weighted by molar-refractivity contribution is -0.383. The van der Waals surface area contributed by atoms with E-state index in [1.165, 1.54) is 6.33 Å². The normalized spacial score (nSPS) is 10.3. The van der Waals surface area contributed by atoms with Crippen LogP contribution in [-0.2, 0) is 0 Å². The summed E-state index contributed by atoms with van der Waals surface area (Å²) in [6.07, 6.45) is 1.32. The lowest BCUT2D eigenvalue weighted by Crippen LogP contribution is -2.21. The molecule has 0 amide bonds. The van der Waals surface area contributed by atoms with Crippen molar-refractivity contribution in [1.29, 1.82) is 0 Å². The second kappa shape index (κ2) is 8.13. The van der Waals surface area contributed by atoms with Crippen molar-refractivity contribution >= 4 is 28.7 Å². The zero-order chi connectivity index (χ0) is 19.2. The molecule has 0 saturated carbocycles. The third kappa shape index (κ3) is 4.12.